The summed E-state index contributed by atoms with van der Waals surface area (Å²) < 4.78 is 51.7. The van der Waals surface area contributed by atoms with Gasteiger partial charge in [0.1, 0.15) is 16.5 Å². The van der Waals surface area contributed by atoms with E-state index in [4.69, 9.17) is 5.84 Å². The summed E-state index contributed by atoms with van der Waals surface area (Å²) in [6.45, 7) is 0. The highest BCUT2D eigenvalue weighted by atomic mass is 32.2. The quantitative estimate of drug-likeness (QED) is 0.285. The van der Waals surface area contributed by atoms with Gasteiger partial charge in [0, 0.05) is 10.9 Å². The second kappa shape index (κ2) is 7.15. The van der Waals surface area contributed by atoms with E-state index in [1.807, 2.05) is 0 Å². The largest absolute Gasteiger partial charge is 0.453 e. The Hall–Kier alpha value is -2.93. The molecule has 0 atom stereocenters. The van der Waals surface area contributed by atoms with E-state index in [1.54, 1.807) is 17.5 Å². The Morgan fingerprint density at radius 2 is 1.93 bits per heavy atom. The first-order valence-electron chi connectivity index (χ1n) is 7.91. The number of thiophene rings is 1. The van der Waals surface area contributed by atoms with Gasteiger partial charge in [0.05, 0.1) is 11.1 Å². The topological polar surface area (TPSA) is 102 Å². The molecule has 0 fully saturated rings. The Bertz CT molecular complexity index is 1250. The van der Waals surface area contributed by atoms with E-state index in [2.05, 4.69) is 20.2 Å². The highest BCUT2D eigenvalue weighted by molar-refractivity contribution is 7.98. The fourth-order valence-electron chi connectivity index (χ4n) is 2.61. The van der Waals surface area contributed by atoms with Gasteiger partial charge in [0.15, 0.2) is 0 Å². The molecule has 0 bridgehead atoms. The number of nitrogens with zero attached hydrogens (tertiary/aromatic N) is 4. The van der Waals surface area contributed by atoms with Gasteiger partial charge in [-0.15, -0.1) is 21.5 Å². The molecule has 4 rings (SSSR count). The predicted molar refractivity (Wildman–Crippen MR) is 100 cm³/mol. The minimum absolute atomic E-state index is 0.0299. The van der Waals surface area contributed by atoms with Crippen LogP contribution in [0.2, 0.25) is 0 Å². The number of alkyl halides is 3. The van der Waals surface area contributed by atoms with Gasteiger partial charge in [-0.3, -0.25) is 4.79 Å². The number of nitrogen functional groups attached to an aromatic ring is 1. The fourth-order valence-corrected chi connectivity index (χ4v) is 4.30. The molecule has 3 heterocycles. The minimum Gasteiger partial charge on any atom is -0.335 e. The maximum atomic E-state index is 13.1. The lowest BCUT2D eigenvalue weighted by atomic mass is 10.1. The van der Waals surface area contributed by atoms with Gasteiger partial charge < -0.3 is 10.8 Å². The van der Waals surface area contributed by atoms with Crippen molar-refractivity contribution in [2.24, 2.45) is 0 Å². The van der Waals surface area contributed by atoms with E-state index in [1.165, 1.54) is 23.5 Å². The molecule has 7 nitrogen and oxygen atoms in total. The molecule has 1 aromatic carbocycles. The lowest BCUT2D eigenvalue weighted by Crippen LogP contribution is -2.21. The lowest BCUT2D eigenvalue weighted by molar-refractivity contribution is -0.146. The maximum Gasteiger partial charge on any atom is 0.453 e. The van der Waals surface area contributed by atoms with Crippen LogP contribution in [0.4, 0.5) is 17.6 Å². The average Bonchev–Trinajstić information content (AvgIpc) is 3.24. The molecule has 4 aromatic rings. The van der Waals surface area contributed by atoms with Crippen molar-refractivity contribution in [2.45, 2.75) is 17.1 Å². The summed E-state index contributed by atoms with van der Waals surface area (Å²) in [5, 5.41) is 8.38. The van der Waals surface area contributed by atoms with Crippen LogP contribution in [0.15, 0.2) is 39.6 Å². The molecule has 3 N–H and O–H groups in total. The number of H-pyrrole nitrogens is 1. The van der Waals surface area contributed by atoms with Gasteiger partial charge in [-0.05, 0) is 17.7 Å². The maximum absolute atomic E-state index is 13.1. The first-order valence-corrected chi connectivity index (χ1v) is 9.77. The van der Waals surface area contributed by atoms with Crippen LogP contribution in [0.5, 0.6) is 0 Å². The van der Waals surface area contributed by atoms with Crippen LogP contribution in [-0.2, 0) is 11.9 Å². The van der Waals surface area contributed by atoms with Crippen molar-refractivity contribution in [3.05, 3.63) is 57.5 Å². The van der Waals surface area contributed by atoms with E-state index in [9.17, 15) is 22.4 Å². The second-order valence-electron chi connectivity index (χ2n) is 5.81. The van der Waals surface area contributed by atoms with Crippen molar-refractivity contribution in [3.63, 3.8) is 0 Å². The summed E-state index contributed by atoms with van der Waals surface area (Å²) in [5.41, 5.74) is 0.883. The lowest BCUT2D eigenvalue weighted by Gasteiger charge is -2.06. The molecule has 0 aliphatic carbocycles. The van der Waals surface area contributed by atoms with Gasteiger partial charge in [-0.25, -0.2) is 14.1 Å². The zero-order valence-electron chi connectivity index (χ0n) is 14.2. The summed E-state index contributed by atoms with van der Waals surface area (Å²) in [7, 11) is 0. The molecule has 0 aliphatic heterocycles. The number of aromatic amines is 1. The molecular formula is C16H10F4N6OS2. The van der Waals surface area contributed by atoms with Gasteiger partial charge >= 0.3 is 6.18 Å². The van der Waals surface area contributed by atoms with Crippen molar-refractivity contribution in [3.8, 4) is 11.1 Å². The van der Waals surface area contributed by atoms with Crippen LogP contribution < -0.4 is 11.4 Å². The number of hydrogen-bond donors (Lipinski definition) is 2. The standard InChI is InChI=1S/C16H10F4N6OS2/c17-8-3-1-7(2-4-8)9-5-28-13-11(9)12(27)22-10(23-13)6-29-15-25-24-14(26(15)21)16(18,19)20/h1-5H,6,21H2,(H,22,23,27). The Morgan fingerprint density at radius 3 is 2.59 bits per heavy atom. The molecule has 0 saturated heterocycles. The summed E-state index contributed by atoms with van der Waals surface area (Å²) in [5.74, 6) is 3.95. The van der Waals surface area contributed by atoms with Gasteiger partial charge in [0.25, 0.3) is 11.4 Å². The van der Waals surface area contributed by atoms with Crippen LogP contribution in [0.25, 0.3) is 21.3 Å². The van der Waals surface area contributed by atoms with Crippen LogP contribution >= 0.6 is 23.1 Å². The highest BCUT2D eigenvalue weighted by Crippen LogP contribution is 2.32. The number of nitrogens with one attached hydrogen (secondary N) is 1. The molecule has 0 unspecified atom stereocenters. The number of halogens is 4. The predicted octanol–water partition coefficient (Wildman–Crippen LogP) is 3.41. The molecule has 0 saturated carbocycles. The van der Waals surface area contributed by atoms with E-state index in [0.717, 1.165) is 11.8 Å². The third-order valence-corrected chi connectivity index (χ3v) is 5.73. The van der Waals surface area contributed by atoms with Crippen LogP contribution in [0.1, 0.15) is 11.6 Å². The molecule has 3 aromatic heterocycles. The molecule has 150 valence electrons. The number of hydrogen-bond acceptors (Lipinski definition) is 7. The molecule has 29 heavy (non-hydrogen) atoms. The van der Waals surface area contributed by atoms with E-state index < -0.39 is 17.6 Å². The van der Waals surface area contributed by atoms with Crippen molar-refractivity contribution < 1.29 is 17.6 Å². The summed E-state index contributed by atoms with van der Waals surface area (Å²) in [6.07, 6.45) is -4.72. The molecule has 0 spiro atoms. The first kappa shape index (κ1) is 19.4. The third-order valence-electron chi connectivity index (χ3n) is 3.90. The zero-order valence-corrected chi connectivity index (χ0v) is 15.8. The van der Waals surface area contributed by atoms with E-state index in [-0.39, 0.29) is 22.6 Å². The average molecular weight is 442 g/mol. The van der Waals surface area contributed by atoms with Crippen molar-refractivity contribution in [2.75, 3.05) is 5.84 Å². The molecule has 0 aliphatic rings. The zero-order chi connectivity index (χ0) is 20.8. The number of nitrogens with two attached hydrogens (primary N) is 1. The Morgan fingerprint density at radius 1 is 1.21 bits per heavy atom. The summed E-state index contributed by atoms with van der Waals surface area (Å²) in [4.78, 5) is 20.0. The van der Waals surface area contributed by atoms with Gasteiger partial charge in [-0.2, -0.15) is 13.2 Å². The van der Waals surface area contributed by atoms with Crippen molar-refractivity contribution in [1.82, 2.24) is 24.8 Å². The number of fused-ring (bicyclic) bond motifs is 1. The molecule has 0 amide bonds. The third kappa shape index (κ3) is 3.70. The van der Waals surface area contributed by atoms with Crippen LogP contribution in [0.3, 0.4) is 0 Å². The van der Waals surface area contributed by atoms with E-state index >= 15 is 0 Å². The Kier molecular flexibility index (Phi) is 4.78. The van der Waals surface area contributed by atoms with Gasteiger partial charge in [-0.1, -0.05) is 23.9 Å². The van der Waals surface area contributed by atoms with Crippen molar-refractivity contribution >= 4 is 33.3 Å². The normalized spacial score (nSPS) is 12.0. The highest BCUT2D eigenvalue weighted by Gasteiger charge is 2.38. The summed E-state index contributed by atoms with van der Waals surface area (Å²) >= 11 is 2.09. The smallest absolute Gasteiger partial charge is 0.335 e. The second-order valence-corrected chi connectivity index (χ2v) is 7.61. The number of rotatable bonds is 4. The van der Waals surface area contributed by atoms with Crippen molar-refractivity contribution in [1.29, 1.82) is 0 Å². The fraction of sp³-hybridized carbons (Fsp3) is 0.125. The summed E-state index contributed by atoms with van der Waals surface area (Å²) in [6, 6.07) is 5.71. The number of thioether (sulfide) groups is 1. The minimum atomic E-state index is -4.72. The molecule has 0 radical (unpaired) electrons. The molecule has 13 heteroatoms. The van der Waals surface area contributed by atoms with E-state index in [0.29, 0.717) is 26.0 Å². The van der Waals surface area contributed by atoms with Crippen LogP contribution in [0, 0.1) is 5.82 Å². The Balaban J connectivity index is 1.61. The number of benzene rings is 1. The van der Waals surface area contributed by atoms with Gasteiger partial charge in [0.2, 0.25) is 5.16 Å². The first-order chi connectivity index (χ1) is 13.7. The SMILES string of the molecule is Nn1c(SCc2nc3scc(-c4ccc(F)cc4)c3c(=O)[nH]2)nnc1C(F)(F)F. The Labute approximate surface area is 167 Å². The van der Waals surface area contributed by atoms with Crippen LogP contribution in [-0.4, -0.2) is 24.8 Å². The number of aromatic nitrogens is 5. The monoisotopic (exact) mass is 442 g/mol. The molecular weight excluding hydrogens is 432 g/mol.